The second-order valence-electron chi connectivity index (χ2n) is 7.43. The van der Waals surface area contributed by atoms with Crippen LogP contribution in [0.2, 0.25) is 0 Å². The molecule has 8 heteroatoms. The van der Waals surface area contributed by atoms with E-state index in [9.17, 15) is 13.2 Å². The van der Waals surface area contributed by atoms with Gasteiger partial charge in [-0.2, -0.15) is 0 Å². The number of nitrogens with zero attached hydrogens (tertiary/aromatic N) is 1. The van der Waals surface area contributed by atoms with E-state index < -0.39 is 16.1 Å². The first-order valence-corrected chi connectivity index (χ1v) is 11.6. The number of ether oxygens (including phenoxy) is 2. The summed E-state index contributed by atoms with van der Waals surface area (Å²) in [4.78, 5) is 13.0. The molecule has 0 saturated heterocycles. The second-order valence-corrected chi connectivity index (χ2v) is 9.29. The molecule has 1 N–H and O–H groups in total. The van der Waals surface area contributed by atoms with Crippen molar-refractivity contribution in [3.63, 3.8) is 0 Å². The average Bonchev–Trinajstić information content (AvgIpc) is 2.82. The Morgan fingerprint density at radius 3 is 2.47 bits per heavy atom. The molecule has 1 aliphatic heterocycles. The number of carbonyl (C=O) groups is 1. The molecule has 7 nitrogen and oxygen atoms in total. The first kappa shape index (κ1) is 21.7. The average molecular weight is 453 g/mol. The normalized spacial score (nSPS) is 15.4. The molecule has 0 saturated carbocycles. The number of carbonyl (C=O) groups excluding carboxylic acids is 1. The van der Waals surface area contributed by atoms with E-state index in [1.54, 1.807) is 36.4 Å². The van der Waals surface area contributed by atoms with Crippen LogP contribution in [0.15, 0.2) is 77.7 Å². The highest BCUT2D eigenvalue weighted by Crippen LogP contribution is 2.37. The zero-order valence-corrected chi connectivity index (χ0v) is 18.6. The molecule has 166 valence electrons. The third-order valence-corrected chi connectivity index (χ3v) is 7.18. The monoisotopic (exact) mass is 452 g/mol. The number of hydrogen-bond donors (Lipinski definition) is 1. The Labute approximate surface area is 187 Å². The lowest BCUT2D eigenvalue weighted by atomic mass is 10.1. The van der Waals surface area contributed by atoms with Crippen LogP contribution >= 0.6 is 0 Å². The predicted molar refractivity (Wildman–Crippen MR) is 121 cm³/mol. The van der Waals surface area contributed by atoms with Crippen LogP contribution in [-0.2, 0) is 21.4 Å². The first-order chi connectivity index (χ1) is 15.4. The van der Waals surface area contributed by atoms with E-state index in [0.717, 1.165) is 11.1 Å². The third-order valence-electron chi connectivity index (χ3n) is 5.39. The standard InChI is InChI=1S/C24H24N2O5S/c1-17-7-3-4-8-18(17)15-25-24(27)23-16-26(21-9-5-6-10-22(21)31-23)32(28,29)20-13-11-19(30-2)12-14-20/h3-14,23H,15-16H2,1-2H3,(H,25,27)/t23-/m1/s1. The van der Waals surface area contributed by atoms with Crippen LogP contribution in [0.4, 0.5) is 5.69 Å². The molecule has 0 bridgehead atoms. The molecule has 4 rings (SSSR count). The molecule has 1 heterocycles. The second kappa shape index (κ2) is 8.92. The minimum Gasteiger partial charge on any atom is -0.497 e. The van der Waals surface area contributed by atoms with E-state index in [1.165, 1.54) is 23.5 Å². The van der Waals surface area contributed by atoms with Crippen LogP contribution in [0, 0.1) is 6.92 Å². The van der Waals surface area contributed by atoms with Crippen LogP contribution < -0.4 is 19.1 Å². The zero-order valence-electron chi connectivity index (χ0n) is 17.8. The number of aryl methyl sites for hydroxylation is 1. The molecule has 0 aliphatic carbocycles. The maximum absolute atomic E-state index is 13.4. The van der Waals surface area contributed by atoms with Gasteiger partial charge in [0.05, 0.1) is 24.2 Å². The number of benzene rings is 3. The Hall–Kier alpha value is -3.52. The van der Waals surface area contributed by atoms with Crippen LogP contribution in [0.1, 0.15) is 11.1 Å². The smallest absolute Gasteiger partial charge is 0.264 e. The Bertz CT molecular complexity index is 1230. The number of fused-ring (bicyclic) bond motifs is 1. The van der Waals surface area contributed by atoms with E-state index in [1.807, 2.05) is 31.2 Å². The van der Waals surface area contributed by atoms with Crippen LogP contribution in [0.25, 0.3) is 0 Å². The molecule has 3 aromatic carbocycles. The molecule has 0 unspecified atom stereocenters. The summed E-state index contributed by atoms with van der Waals surface area (Å²) in [6.45, 7) is 2.17. The van der Waals surface area contributed by atoms with Gasteiger partial charge < -0.3 is 14.8 Å². The van der Waals surface area contributed by atoms with E-state index >= 15 is 0 Å². The van der Waals surface area contributed by atoms with E-state index in [0.29, 0.717) is 23.7 Å². The first-order valence-electron chi connectivity index (χ1n) is 10.1. The summed E-state index contributed by atoms with van der Waals surface area (Å²) in [6, 6.07) is 20.7. The van der Waals surface area contributed by atoms with Crippen molar-refractivity contribution in [2.45, 2.75) is 24.5 Å². The fraction of sp³-hybridized carbons (Fsp3) is 0.208. The maximum Gasteiger partial charge on any atom is 0.264 e. The molecule has 0 fully saturated rings. The Morgan fingerprint density at radius 1 is 1.06 bits per heavy atom. The summed E-state index contributed by atoms with van der Waals surface area (Å²) < 4.78 is 39.1. The van der Waals surface area contributed by atoms with Crippen molar-refractivity contribution in [1.29, 1.82) is 0 Å². The number of para-hydroxylation sites is 2. The molecule has 1 atom stereocenters. The highest BCUT2D eigenvalue weighted by atomic mass is 32.2. The largest absolute Gasteiger partial charge is 0.497 e. The summed E-state index contributed by atoms with van der Waals surface area (Å²) in [5, 5.41) is 2.87. The van der Waals surface area contributed by atoms with Crippen molar-refractivity contribution in [3.05, 3.63) is 83.9 Å². The fourth-order valence-corrected chi connectivity index (χ4v) is 5.02. The number of nitrogens with one attached hydrogen (secondary N) is 1. The molecular weight excluding hydrogens is 428 g/mol. The van der Waals surface area contributed by atoms with Gasteiger partial charge in [0.25, 0.3) is 15.9 Å². The SMILES string of the molecule is COc1ccc(S(=O)(=O)N2C[C@H](C(=O)NCc3ccccc3C)Oc3ccccc32)cc1. The zero-order chi connectivity index (χ0) is 22.7. The molecule has 0 aromatic heterocycles. The van der Waals surface area contributed by atoms with Gasteiger partial charge in [-0.1, -0.05) is 36.4 Å². The Kier molecular flexibility index (Phi) is 6.05. The van der Waals surface area contributed by atoms with Gasteiger partial charge in [0.1, 0.15) is 11.5 Å². The van der Waals surface area contributed by atoms with E-state index in [2.05, 4.69) is 5.32 Å². The number of anilines is 1. The van der Waals surface area contributed by atoms with Crippen LogP contribution in [-0.4, -0.2) is 34.1 Å². The van der Waals surface area contributed by atoms with Crippen LogP contribution in [0.5, 0.6) is 11.5 Å². The van der Waals surface area contributed by atoms with Gasteiger partial charge >= 0.3 is 0 Å². The molecular formula is C24H24N2O5S. The number of amides is 1. The van der Waals surface area contributed by atoms with Gasteiger partial charge in [-0.05, 0) is 54.4 Å². The summed E-state index contributed by atoms with van der Waals surface area (Å²) >= 11 is 0. The molecule has 1 amide bonds. The summed E-state index contributed by atoms with van der Waals surface area (Å²) in [6.07, 6.45) is -0.984. The molecule has 0 radical (unpaired) electrons. The van der Waals surface area contributed by atoms with Gasteiger partial charge in [0, 0.05) is 6.54 Å². The van der Waals surface area contributed by atoms with Crippen molar-refractivity contribution in [3.8, 4) is 11.5 Å². The van der Waals surface area contributed by atoms with Crippen molar-refractivity contribution >= 4 is 21.6 Å². The molecule has 0 spiro atoms. The number of hydrogen-bond acceptors (Lipinski definition) is 5. The predicted octanol–water partition coefficient (Wildman–Crippen LogP) is 3.28. The quantitative estimate of drug-likeness (QED) is 0.621. The molecule has 1 aliphatic rings. The van der Waals surface area contributed by atoms with E-state index in [4.69, 9.17) is 9.47 Å². The fourth-order valence-electron chi connectivity index (χ4n) is 3.55. The lowest BCUT2D eigenvalue weighted by molar-refractivity contribution is -0.127. The molecule has 32 heavy (non-hydrogen) atoms. The number of rotatable bonds is 6. The van der Waals surface area contributed by atoms with E-state index in [-0.39, 0.29) is 17.3 Å². The van der Waals surface area contributed by atoms with Crippen LogP contribution in [0.3, 0.4) is 0 Å². The topological polar surface area (TPSA) is 84.9 Å². The maximum atomic E-state index is 13.4. The number of sulfonamides is 1. The summed E-state index contributed by atoms with van der Waals surface area (Å²) in [7, 11) is -2.41. The highest BCUT2D eigenvalue weighted by molar-refractivity contribution is 7.92. The van der Waals surface area contributed by atoms with Crippen molar-refractivity contribution in [1.82, 2.24) is 5.32 Å². The highest BCUT2D eigenvalue weighted by Gasteiger charge is 2.37. The lowest BCUT2D eigenvalue weighted by Crippen LogP contribution is -2.50. The summed E-state index contributed by atoms with van der Waals surface area (Å²) in [5.74, 6) is 0.518. The third kappa shape index (κ3) is 4.27. The lowest BCUT2D eigenvalue weighted by Gasteiger charge is -2.34. The van der Waals surface area contributed by atoms with Gasteiger partial charge in [0.15, 0.2) is 6.10 Å². The number of methoxy groups -OCH3 is 1. The Morgan fingerprint density at radius 2 is 1.75 bits per heavy atom. The van der Waals surface area contributed by atoms with Gasteiger partial charge in [-0.25, -0.2) is 8.42 Å². The summed E-state index contributed by atoms with van der Waals surface area (Å²) in [5.41, 5.74) is 2.44. The minimum atomic E-state index is -3.92. The van der Waals surface area contributed by atoms with Gasteiger partial charge in [-0.15, -0.1) is 0 Å². The molecule has 3 aromatic rings. The van der Waals surface area contributed by atoms with Crippen molar-refractivity contribution < 1.29 is 22.7 Å². The minimum absolute atomic E-state index is 0.106. The Balaban J connectivity index is 1.60. The van der Waals surface area contributed by atoms with Gasteiger partial charge in [0.2, 0.25) is 0 Å². The van der Waals surface area contributed by atoms with Gasteiger partial charge in [-0.3, -0.25) is 9.10 Å². The van der Waals surface area contributed by atoms with Crippen molar-refractivity contribution in [2.24, 2.45) is 0 Å². The van der Waals surface area contributed by atoms with Crippen molar-refractivity contribution in [2.75, 3.05) is 18.0 Å².